The molecule has 0 spiro atoms. The molecule has 0 saturated carbocycles. The van der Waals surface area contributed by atoms with Gasteiger partial charge in [-0.3, -0.25) is 9.59 Å². The second-order valence-electron chi connectivity index (χ2n) is 4.59. The third kappa shape index (κ3) is 2.71. The van der Waals surface area contributed by atoms with E-state index >= 15 is 0 Å². The van der Waals surface area contributed by atoms with Crippen molar-refractivity contribution in [2.24, 2.45) is 10.9 Å². The van der Waals surface area contributed by atoms with Gasteiger partial charge in [0.25, 0.3) is 5.91 Å². The quantitative estimate of drug-likeness (QED) is 0.783. The fourth-order valence-corrected chi connectivity index (χ4v) is 3.82. The lowest BCUT2D eigenvalue weighted by atomic mass is 10.0. The van der Waals surface area contributed by atoms with Crippen LogP contribution in [0.5, 0.6) is 0 Å². The van der Waals surface area contributed by atoms with Gasteiger partial charge in [-0.2, -0.15) is 11.8 Å². The maximum Gasteiger partial charge on any atom is 0.262 e. The van der Waals surface area contributed by atoms with Crippen molar-refractivity contribution < 1.29 is 9.59 Å². The van der Waals surface area contributed by atoms with E-state index in [0.29, 0.717) is 5.71 Å². The largest absolute Gasteiger partial charge is 0.340 e. The van der Waals surface area contributed by atoms with Crippen LogP contribution >= 0.6 is 23.1 Å². The average Bonchev–Trinajstić information content (AvgIpc) is 3.01. The van der Waals surface area contributed by atoms with Crippen molar-refractivity contribution in [3.05, 3.63) is 34.5 Å². The molecule has 0 aliphatic carbocycles. The lowest BCUT2D eigenvalue weighted by molar-refractivity contribution is -0.138. The summed E-state index contributed by atoms with van der Waals surface area (Å²) in [5.74, 6) is 0.696. The maximum absolute atomic E-state index is 12.3. The van der Waals surface area contributed by atoms with Crippen molar-refractivity contribution in [2.45, 2.75) is 0 Å². The molecule has 1 aromatic heterocycles. The Balaban J connectivity index is 1.73. The molecule has 2 aliphatic rings. The van der Waals surface area contributed by atoms with Gasteiger partial charge in [0.05, 0.1) is 10.6 Å². The van der Waals surface area contributed by atoms with Crippen LogP contribution in [0.1, 0.15) is 4.88 Å². The van der Waals surface area contributed by atoms with Crippen LogP contribution in [0, 0.1) is 5.92 Å². The molecule has 3 heterocycles. The van der Waals surface area contributed by atoms with E-state index in [-0.39, 0.29) is 11.8 Å². The van der Waals surface area contributed by atoms with Gasteiger partial charge in [-0.05, 0) is 17.5 Å². The van der Waals surface area contributed by atoms with Gasteiger partial charge in [0, 0.05) is 24.6 Å². The Bertz CT molecular complexity index is 572. The monoisotopic (exact) mass is 306 g/mol. The summed E-state index contributed by atoms with van der Waals surface area (Å²) in [6.07, 6.45) is 3.48. The van der Waals surface area contributed by atoms with E-state index in [1.54, 1.807) is 17.1 Å². The average molecular weight is 306 g/mol. The summed E-state index contributed by atoms with van der Waals surface area (Å²) in [7, 11) is 0. The second kappa shape index (κ2) is 5.93. The van der Waals surface area contributed by atoms with E-state index in [0.717, 1.165) is 29.5 Å². The first-order valence-electron chi connectivity index (χ1n) is 6.47. The zero-order valence-corrected chi connectivity index (χ0v) is 12.5. The molecule has 4 nitrogen and oxygen atoms in total. The number of carbonyl (C=O) groups is 2. The highest BCUT2D eigenvalue weighted by atomic mass is 32.2. The normalized spacial score (nSPS) is 22.8. The highest BCUT2D eigenvalue weighted by Crippen LogP contribution is 2.20. The highest BCUT2D eigenvalue weighted by molar-refractivity contribution is 7.99. The van der Waals surface area contributed by atoms with Crippen LogP contribution in [0.2, 0.25) is 0 Å². The molecular weight excluding hydrogens is 292 g/mol. The summed E-state index contributed by atoms with van der Waals surface area (Å²) in [5, 5.41) is 1.94. The minimum absolute atomic E-state index is 0.111. The zero-order valence-electron chi connectivity index (χ0n) is 10.8. The molecule has 0 radical (unpaired) electrons. The summed E-state index contributed by atoms with van der Waals surface area (Å²) in [6, 6.07) is 3.84. The van der Waals surface area contributed by atoms with Crippen molar-refractivity contribution in [1.29, 1.82) is 0 Å². The van der Waals surface area contributed by atoms with Gasteiger partial charge in [-0.15, -0.1) is 11.3 Å². The van der Waals surface area contributed by atoms with Crippen molar-refractivity contribution in [3.8, 4) is 0 Å². The number of allylic oxidation sites excluding steroid dienone is 1. The first kappa shape index (κ1) is 13.6. The van der Waals surface area contributed by atoms with Gasteiger partial charge in [-0.25, -0.2) is 4.99 Å². The van der Waals surface area contributed by atoms with E-state index in [4.69, 9.17) is 0 Å². The Kier molecular flexibility index (Phi) is 4.03. The van der Waals surface area contributed by atoms with E-state index in [2.05, 4.69) is 4.99 Å². The SMILES string of the molecule is O=C1N=C(c2cccs2)C=CC1C(=O)N1CCSCC1. The Hall–Kier alpha value is -1.40. The molecule has 2 amide bonds. The maximum atomic E-state index is 12.3. The van der Waals surface area contributed by atoms with Crippen LogP contribution in [0.25, 0.3) is 0 Å². The highest BCUT2D eigenvalue weighted by Gasteiger charge is 2.31. The van der Waals surface area contributed by atoms with Crippen molar-refractivity contribution in [2.75, 3.05) is 24.6 Å². The molecule has 0 aromatic carbocycles. The van der Waals surface area contributed by atoms with Crippen molar-refractivity contribution in [3.63, 3.8) is 0 Å². The lowest BCUT2D eigenvalue weighted by Crippen LogP contribution is -2.43. The lowest BCUT2D eigenvalue weighted by Gasteiger charge is -2.28. The number of carbonyl (C=O) groups excluding carboxylic acids is 2. The van der Waals surface area contributed by atoms with Crippen LogP contribution < -0.4 is 0 Å². The molecule has 6 heteroatoms. The summed E-state index contributed by atoms with van der Waals surface area (Å²) in [4.78, 5) is 31.2. The van der Waals surface area contributed by atoms with Crippen LogP contribution in [-0.2, 0) is 9.59 Å². The molecule has 104 valence electrons. The standard InChI is InChI=1S/C14H14N2O2S2/c17-13-10(14(18)16-5-8-19-9-6-16)3-4-11(15-13)12-2-1-7-20-12/h1-4,7,10H,5-6,8-9H2. The molecule has 1 atom stereocenters. The molecule has 0 bridgehead atoms. The topological polar surface area (TPSA) is 49.7 Å². The molecule has 3 rings (SSSR count). The third-order valence-corrected chi connectivity index (χ3v) is 5.14. The molecule has 1 unspecified atom stereocenters. The van der Waals surface area contributed by atoms with Crippen molar-refractivity contribution in [1.82, 2.24) is 4.90 Å². The number of dihydropyridines is 1. The first-order chi connectivity index (χ1) is 9.75. The Morgan fingerprint density at radius 2 is 2.15 bits per heavy atom. The molecule has 1 aromatic rings. The number of rotatable bonds is 2. The Labute approximate surface area is 125 Å². The Morgan fingerprint density at radius 3 is 2.80 bits per heavy atom. The van der Waals surface area contributed by atoms with Crippen LogP contribution in [-0.4, -0.2) is 47.0 Å². The summed E-state index contributed by atoms with van der Waals surface area (Å²) >= 11 is 3.38. The zero-order chi connectivity index (χ0) is 13.9. The van der Waals surface area contributed by atoms with E-state index in [1.807, 2.05) is 29.3 Å². The van der Waals surface area contributed by atoms with Gasteiger partial charge < -0.3 is 4.90 Å². The fourth-order valence-electron chi connectivity index (χ4n) is 2.23. The van der Waals surface area contributed by atoms with Crippen LogP contribution in [0.4, 0.5) is 0 Å². The molecule has 20 heavy (non-hydrogen) atoms. The molecular formula is C14H14N2O2S2. The van der Waals surface area contributed by atoms with Gasteiger partial charge in [-0.1, -0.05) is 12.1 Å². The van der Waals surface area contributed by atoms with Crippen molar-refractivity contribution >= 4 is 40.6 Å². The number of nitrogens with zero attached hydrogens (tertiary/aromatic N) is 2. The first-order valence-corrected chi connectivity index (χ1v) is 8.50. The number of hydrogen-bond acceptors (Lipinski definition) is 4. The smallest absolute Gasteiger partial charge is 0.262 e. The summed E-state index contributed by atoms with van der Waals surface area (Å²) in [6.45, 7) is 1.45. The van der Waals surface area contributed by atoms with Gasteiger partial charge in [0.2, 0.25) is 5.91 Å². The predicted molar refractivity (Wildman–Crippen MR) is 82.4 cm³/mol. The molecule has 1 saturated heterocycles. The number of amides is 2. The van der Waals surface area contributed by atoms with Gasteiger partial charge >= 0.3 is 0 Å². The number of thioether (sulfide) groups is 1. The van der Waals surface area contributed by atoms with Crippen LogP contribution in [0.15, 0.2) is 34.7 Å². The minimum atomic E-state index is -0.734. The minimum Gasteiger partial charge on any atom is -0.340 e. The summed E-state index contributed by atoms with van der Waals surface area (Å²) in [5.41, 5.74) is 0.656. The van der Waals surface area contributed by atoms with Crippen LogP contribution in [0.3, 0.4) is 0 Å². The number of thiophene rings is 1. The number of hydrogen-bond donors (Lipinski definition) is 0. The fraction of sp³-hybridized carbons (Fsp3) is 0.357. The third-order valence-electron chi connectivity index (χ3n) is 3.31. The molecule has 0 N–H and O–H groups in total. The molecule has 2 aliphatic heterocycles. The van der Waals surface area contributed by atoms with Gasteiger partial charge in [0.15, 0.2) is 0 Å². The predicted octanol–water partition coefficient (Wildman–Crippen LogP) is 1.83. The van der Waals surface area contributed by atoms with E-state index in [1.165, 1.54) is 11.3 Å². The number of aliphatic imine (C=N–C) groups is 1. The van der Waals surface area contributed by atoms with E-state index < -0.39 is 5.92 Å². The second-order valence-corrected chi connectivity index (χ2v) is 6.76. The summed E-state index contributed by atoms with van der Waals surface area (Å²) < 4.78 is 0. The molecule has 1 fully saturated rings. The van der Waals surface area contributed by atoms with Gasteiger partial charge in [0.1, 0.15) is 5.92 Å². The van der Waals surface area contributed by atoms with E-state index in [9.17, 15) is 9.59 Å². The Morgan fingerprint density at radius 1 is 1.35 bits per heavy atom.